The second kappa shape index (κ2) is 5.62. The average molecular weight is 291 g/mol. The highest BCUT2D eigenvalue weighted by Gasteiger charge is 2.07. The SMILES string of the molecule is N#Cc1ccc(N=Nc2c(O)ccc3ccccc23)c(F)c1. The summed E-state index contributed by atoms with van der Waals surface area (Å²) in [6, 6.07) is 16.5. The van der Waals surface area contributed by atoms with Gasteiger partial charge in [0.2, 0.25) is 0 Å². The Kier molecular flexibility index (Phi) is 3.50. The van der Waals surface area contributed by atoms with Gasteiger partial charge < -0.3 is 5.11 Å². The molecule has 4 nitrogen and oxygen atoms in total. The van der Waals surface area contributed by atoms with Crippen LogP contribution in [0.1, 0.15) is 5.56 Å². The zero-order valence-corrected chi connectivity index (χ0v) is 11.4. The van der Waals surface area contributed by atoms with Crippen molar-refractivity contribution in [3.63, 3.8) is 0 Å². The maximum atomic E-state index is 13.8. The summed E-state index contributed by atoms with van der Waals surface area (Å²) in [5, 5.41) is 28.1. The minimum atomic E-state index is -0.637. The molecular weight excluding hydrogens is 281 g/mol. The van der Waals surface area contributed by atoms with E-state index in [4.69, 9.17) is 5.26 Å². The lowest BCUT2D eigenvalue weighted by Crippen LogP contribution is -1.79. The number of rotatable bonds is 2. The molecule has 0 bridgehead atoms. The van der Waals surface area contributed by atoms with Crippen LogP contribution in [-0.4, -0.2) is 5.11 Å². The summed E-state index contributed by atoms with van der Waals surface area (Å²) in [6.07, 6.45) is 0. The highest BCUT2D eigenvalue weighted by Crippen LogP contribution is 2.36. The predicted octanol–water partition coefficient (Wildman–Crippen LogP) is 4.97. The molecule has 1 N–H and O–H groups in total. The van der Waals surface area contributed by atoms with Gasteiger partial charge >= 0.3 is 0 Å². The van der Waals surface area contributed by atoms with Crippen LogP contribution in [-0.2, 0) is 0 Å². The highest BCUT2D eigenvalue weighted by molar-refractivity contribution is 5.95. The van der Waals surface area contributed by atoms with Crippen molar-refractivity contribution in [3.05, 3.63) is 66.0 Å². The first kappa shape index (κ1) is 13.7. The largest absolute Gasteiger partial charge is 0.506 e. The third-order valence-electron chi connectivity index (χ3n) is 3.21. The predicted molar refractivity (Wildman–Crippen MR) is 80.9 cm³/mol. The smallest absolute Gasteiger partial charge is 0.152 e. The number of benzene rings is 3. The fraction of sp³-hybridized carbons (Fsp3) is 0. The normalized spacial score (nSPS) is 10.9. The maximum absolute atomic E-state index is 13.8. The molecule has 0 fully saturated rings. The van der Waals surface area contributed by atoms with E-state index in [-0.39, 0.29) is 22.7 Å². The number of phenols is 1. The van der Waals surface area contributed by atoms with Crippen molar-refractivity contribution in [3.8, 4) is 11.8 Å². The molecule has 0 unspecified atom stereocenters. The molecule has 3 rings (SSSR count). The van der Waals surface area contributed by atoms with Crippen molar-refractivity contribution < 1.29 is 9.50 Å². The lowest BCUT2D eigenvalue weighted by molar-refractivity contribution is 0.477. The Morgan fingerprint density at radius 2 is 1.82 bits per heavy atom. The van der Waals surface area contributed by atoms with Crippen molar-refractivity contribution in [2.45, 2.75) is 0 Å². The number of fused-ring (bicyclic) bond motifs is 1. The van der Waals surface area contributed by atoms with Crippen molar-refractivity contribution in [1.82, 2.24) is 0 Å². The summed E-state index contributed by atoms with van der Waals surface area (Å²) in [5.41, 5.74) is 0.498. The molecule has 0 heterocycles. The van der Waals surface area contributed by atoms with Crippen LogP contribution < -0.4 is 0 Å². The fourth-order valence-corrected chi connectivity index (χ4v) is 2.11. The van der Waals surface area contributed by atoms with E-state index in [1.807, 2.05) is 24.3 Å². The molecule has 0 atom stereocenters. The van der Waals surface area contributed by atoms with Crippen LogP contribution in [0.5, 0.6) is 5.75 Å². The number of aromatic hydroxyl groups is 1. The first-order chi connectivity index (χ1) is 10.7. The molecular formula is C17H10FN3O. The Bertz CT molecular complexity index is 929. The van der Waals surface area contributed by atoms with Crippen molar-refractivity contribution in [2.75, 3.05) is 0 Å². The highest BCUT2D eigenvalue weighted by atomic mass is 19.1. The molecule has 0 saturated heterocycles. The minimum Gasteiger partial charge on any atom is -0.506 e. The molecule has 0 aliphatic carbocycles. The molecule has 0 saturated carbocycles. The van der Waals surface area contributed by atoms with Gasteiger partial charge in [-0.1, -0.05) is 30.3 Å². The van der Waals surface area contributed by atoms with E-state index >= 15 is 0 Å². The maximum Gasteiger partial charge on any atom is 0.152 e. The second-order valence-electron chi connectivity index (χ2n) is 4.63. The van der Waals surface area contributed by atoms with Crippen molar-refractivity contribution in [2.24, 2.45) is 10.2 Å². The molecule has 22 heavy (non-hydrogen) atoms. The Hall–Kier alpha value is -3.26. The van der Waals surface area contributed by atoms with Gasteiger partial charge in [-0.2, -0.15) is 5.26 Å². The summed E-state index contributed by atoms with van der Waals surface area (Å²) in [5.74, 6) is -0.668. The molecule has 0 aliphatic rings. The molecule has 0 aromatic heterocycles. The topological polar surface area (TPSA) is 68.7 Å². The van der Waals surface area contributed by atoms with Crippen LogP contribution >= 0.6 is 0 Å². The quantitative estimate of drug-likeness (QED) is 0.677. The summed E-state index contributed by atoms with van der Waals surface area (Å²) < 4.78 is 13.8. The summed E-state index contributed by atoms with van der Waals surface area (Å²) >= 11 is 0. The van der Waals surface area contributed by atoms with E-state index in [2.05, 4.69) is 10.2 Å². The van der Waals surface area contributed by atoms with Gasteiger partial charge in [-0.3, -0.25) is 0 Å². The van der Waals surface area contributed by atoms with Crippen molar-refractivity contribution >= 4 is 22.1 Å². The number of nitrogens with zero attached hydrogens (tertiary/aromatic N) is 3. The number of hydrogen-bond donors (Lipinski definition) is 1. The molecule has 0 radical (unpaired) electrons. The van der Waals surface area contributed by atoms with Crippen LogP contribution in [0.3, 0.4) is 0 Å². The van der Waals surface area contributed by atoms with Gasteiger partial charge in [-0.15, -0.1) is 10.2 Å². The number of hydrogen-bond acceptors (Lipinski definition) is 4. The molecule has 3 aromatic rings. The molecule has 0 spiro atoms. The number of nitriles is 1. The van der Waals surface area contributed by atoms with Gasteiger partial charge in [0.05, 0.1) is 11.6 Å². The zero-order chi connectivity index (χ0) is 15.5. The minimum absolute atomic E-state index is 0.00586. The van der Waals surface area contributed by atoms with E-state index < -0.39 is 5.82 Å². The van der Waals surface area contributed by atoms with Gasteiger partial charge in [-0.05, 0) is 29.7 Å². The third-order valence-corrected chi connectivity index (χ3v) is 3.21. The Morgan fingerprint density at radius 3 is 2.59 bits per heavy atom. The number of halogens is 1. The Balaban J connectivity index is 2.07. The fourth-order valence-electron chi connectivity index (χ4n) is 2.11. The Labute approximate surface area is 125 Å². The van der Waals surface area contributed by atoms with Crippen LogP contribution in [0, 0.1) is 17.1 Å². The summed E-state index contributed by atoms with van der Waals surface area (Å²) in [6.45, 7) is 0. The molecule has 106 valence electrons. The molecule has 5 heteroatoms. The second-order valence-corrected chi connectivity index (χ2v) is 4.63. The van der Waals surface area contributed by atoms with E-state index in [0.29, 0.717) is 0 Å². The van der Waals surface area contributed by atoms with Gasteiger partial charge in [0, 0.05) is 5.39 Å². The van der Waals surface area contributed by atoms with Gasteiger partial charge in [0.15, 0.2) is 5.82 Å². The van der Waals surface area contributed by atoms with E-state index in [0.717, 1.165) is 16.8 Å². The van der Waals surface area contributed by atoms with Gasteiger partial charge in [0.25, 0.3) is 0 Å². The Morgan fingerprint density at radius 1 is 1.00 bits per heavy atom. The van der Waals surface area contributed by atoms with Crippen LogP contribution in [0.2, 0.25) is 0 Å². The van der Waals surface area contributed by atoms with Crippen LogP contribution in [0.15, 0.2) is 64.8 Å². The number of phenolic OH excluding ortho intramolecular Hbond substituents is 1. The van der Waals surface area contributed by atoms with E-state index in [1.165, 1.54) is 18.2 Å². The summed E-state index contributed by atoms with van der Waals surface area (Å²) in [4.78, 5) is 0. The molecule has 0 aliphatic heterocycles. The monoisotopic (exact) mass is 291 g/mol. The first-order valence-electron chi connectivity index (χ1n) is 6.51. The first-order valence-corrected chi connectivity index (χ1v) is 6.51. The van der Waals surface area contributed by atoms with E-state index in [9.17, 15) is 9.50 Å². The van der Waals surface area contributed by atoms with Crippen molar-refractivity contribution in [1.29, 1.82) is 5.26 Å². The lowest BCUT2D eigenvalue weighted by atomic mass is 10.1. The number of azo groups is 1. The molecule has 0 amide bonds. The summed E-state index contributed by atoms with van der Waals surface area (Å²) in [7, 11) is 0. The van der Waals surface area contributed by atoms with Crippen LogP contribution in [0.25, 0.3) is 10.8 Å². The molecule has 3 aromatic carbocycles. The third kappa shape index (κ3) is 2.50. The van der Waals surface area contributed by atoms with Gasteiger partial charge in [0.1, 0.15) is 17.1 Å². The standard InChI is InChI=1S/C17H10FN3O/c18-14-9-11(10-19)5-7-15(14)20-21-17-13-4-2-1-3-12(13)6-8-16(17)22/h1-9,22H. The zero-order valence-electron chi connectivity index (χ0n) is 11.4. The van der Waals surface area contributed by atoms with Crippen LogP contribution in [0.4, 0.5) is 15.8 Å². The van der Waals surface area contributed by atoms with E-state index in [1.54, 1.807) is 12.1 Å². The van der Waals surface area contributed by atoms with Gasteiger partial charge in [-0.25, -0.2) is 4.39 Å². The average Bonchev–Trinajstić information content (AvgIpc) is 2.55. The lowest BCUT2D eigenvalue weighted by Gasteiger charge is -2.03.